The summed E-state index contributed by atoms with van der Waals surface area (Å²) in [6, 6.07) is 6.99. The van der Waals surface area contributed by atoms with Gasteiger partial charge in [-0.25, -0.2) is 0 Å². The summed E-state index contributed by atoms with van der Waals surface area (Å²) in [6.45, 7) is 9.56. The summed E-state index contributed by atoms with van der Waals surface area (Å²) in [5.74, 6) is -0.567. The van der Waals surface area contributed by atoms with Gasteiger partial charge in [0.25, 0.3) is 11.8 Å². The van der Waals surface area contributed by atoms with Crippen LogP contribution in [-0.2, 0) is 14.3 Å². The van der Waals surface area contributed by atoms with E-state index in [4.69, 9.17) is 10.5 Å². The van der Waals surface area contributed by atoms with Crippen LogP contribution in [0.4, 0.5) is 0 Å². The lowest BCUT2D eigenvalue weighted by molar-refractivity contribution is -0.140. The second kappa shape index (κ2) is 12.7. The normalized spacial score (nSPS) is 22.5. The second-order valence-corrected chi connectivity index (χ2v) is 12.5. The molecule has 3 amide bonds. The summed E-state index contributed by atoms with van der Waals surface area (Å²) in [7, 11) is 2.02. The number of likely N-dealkylation sites (tertiary alicyclic amines) is 1. The van der Waals surface area contributed by atoms with Gasteiger partial charge >= 0.3 is 0 Å². The van der Waals surface area contributed by atoms with Crippen molar-refractivity contribution in [2.24, 2.45) is 11.7 Å². The van der Waals surface area contributed by atoms with Crippen LogP contribution in [0.1, 0.15) is 41.7 Å². The third-order valence-corrected chi connectivity index (χ3v) is 9.25. The van der Waals surface area contributed by atoms with E-state index in [0.717, 1.165) is 40.0 Å². The molecule has 11 heteroatoms. The summed E-state index contributed by atoms with van der Waals surface area (Å²) < 4.78 is 5.44. The number of aromatic amines is 1. The minimum atomic E-state index is -0.478. The zero-order valence-electron chi connectivity index (χ0n) is 23.8. The summed E-state index contributed by atoms with van der Waals surface area (Å²) in [5, 5.41) is 7.17. The molecule has 1 aromatic heterocycles. The first-order chi connectivity index (χ1) is 19.7. The third kappa shape index (κ3) is 6.97. The van der Waals surface area contributed by atoms with E-state index >= 15 is 0 Å². The van der Waals surface area contributed by atoms with Crippen LogP contribution in [0.2, 0.25) is 0 Å². The van der Waals surface area contributed by atoms with Gasteiger partial charge in [0.1, 0.15) is 5.69 Å². The number of rotatable bonds is 7. The Morgan fingerprint density at radius 1 is 1.10 bits per heavy atom. The van der Waals surface area contributed by atoms with E-state index in [1.807, 2.05) is 43.1 Å². The number of benzene rings is 1. The first-order valence-corrected chi connectivity index (χ1v) is 15.1. The maximum Gasteiger partial charge on any atom is 0.268 e. The molecule has 3 aliphatic heterocycles. The molecule has 3 aliphatic rings. The molecule has 2 aromatic rings. The summed E-state index contributed by atoms with van der Waals surface area (Å²) in [5.41, 5.74) is 9.46. The largest absolute Gasteiger partial charge is 0.401 e. The number of nitrogens with one attached hydrogen (secondary N) is 3. The van der Waals surface area contributed by atoms with Crippen LogP contribution in [0.25, 0.3) is 10.9 Å². The number of thioether (sulfide) groups is 1. The van der Waals surface area contributed by atoms with E-state index in [2.05, 4.69) is 27.1 Å². The van der Waals surface area contributed by atoms with Crippen LogP contribution in [0.5, 0.6) is 0 Å². The number of amides is 3. The van der Waals surface area contributed by atoms with E-state index in [1.54, 1.807) is 0 Å². The van der Waals surface area contributed by atoms with Crippen molar-refractivity contribution in [3.63, 3.8) is 0 Å². The van der Waals surface area contributed by atoms with Gasteiger partial charge in [-0.3, -0.25) is 14.4 Å². The van der Waals surface area contributed by atoms with E-state index in [0.29, 0.717) is 62.7 Å². The average Bonchev–Trinajstić information content (AvgIpc) is 3.39. The Balaban J connectivity index is 1.30. The first kappa shape index (κ1) is 29.2. The topological polar surface area (TPSA) is 133 Å². The predicted octanol–water partition coefficient (Wildman–Crippen LogP) is 2.47. The highest BCUT2D eigenvalue weighted by Crippen LogP contribution is 2.30. The Morgan fingerprint density at radius 3 is 2.66 bits per heavy atom. The molecule has 2 saturated heterocycles. The van der Waals surface area contributed by atoms with Gasteiger partial charge in [0, 0.05) is 73.2 Å². The van der Waals surface area contributed by atoms with Crippen LogP contribution >= 0.6 is 11.8 Å². The molecular weight excluding hydrogens is 540 g/mol. The van der Waals surface area contributed by atoms with E-state index in [1.165, 1.54) is 11.8 Å². The zero-order chi connectivity index (χ0) is 29.1. The van der Waals surface area contributed by atoms with Gasteiger partial charge in [0.05, 0.1) is 17.0 Å². The van der Waals surface area contributed by atoms with Gasteiger partial charge in [0.2, 0.25) is 5.91 Å². The Labute approximate surface area is 245 Å². The number of piperidine rings is 1. The fourth-order valence-corrected chi connectivity index (χ4v) is 6.68. The second-order valence-electron chi connectivity index (χ2n) is 11.4. The zero-order valence-corrected chi connectivity index (χ0v) is 24.6. The number of hydrogen-bond donors (Lipinski definition) is 4. The Kier molecular flexibility index (Phi) is 9.06. The number of nitrogens with zero attached hydrogens (tertiary/aromatic N) is 2. The Morgan fingerprint density at radius 2 is 1.88 bits per heavy atom. The monoisotopic (exact) mass is 580 g/mol. The number of ether oxygens (including phenoxy) is 1. The highest BCUT2D eigenvalue weighted by atomic mass is 32.2. The fraction of sp³-hybridized carbons (Fsp3) is 0.500. The number of hydrogen-bond acceptors (Lipinski definition) is 7. The summed E-state index contributed by atoms with van der Waals surface area (Å²) >= 11 is 1.29. The number of H-pyrrole nitrogens is 1. The minimum Gasteiger partial charge on any atom is -0.401 e. The number of carbonyl (C=O) groups is 3. The lowest BCUT2D eigenvalue weighted by Gasteiger charge is -2.40. The summed E-state index contributed by atoms with van der Waals surface area (Å²) in [6.07, 6.45) is 2.67. The van der Waals surface area contributed by atoms with Gasteiger partial charge in [-0.2, -0.15) is 0 Å². The van der Waals surface area contributed by atoms with Gasteiger partial charge < -0.3 is 35.9 Å². The minimum absolute atomic E-state index is 0.0789. The van der Waals surface area contributed by atoms with Crippen molar-refractivity contribution in [3.8, 4) is 0 Å². The average molecular weight is 581 g/mol. The number of carbonyl (C=O) groups excluding carboxylic acids is 3. The smallest absolute Gasteiger partial charge is 0.268 e. The number of aromatic nitrogens is 1. The molecule has 1 aromatic carbocycles. The van der Waals surface area contributed by atoms with Crippen molar-refractivity contribution in [2.45, 2.75) is 44.7 Å². The van der Waals surface area contributed by atoms with Gasteiger partial charge in [-0.05, 0) is 51.4 Å². The number of aryl methyl sites for hydroxylation is 1. The molecule has 10 nitrogen and oxygen atoms in total. The molecule has 0 aliphatic carbocycles. The van der Waals surface area contributed by atoms with Crippen molar-refractivity contribution < 1.29 is 19.1 Å². The summed E-state index contributed by atoms with van der Waals surface area (Å²) in [4.78, 5) is 48.5. The van der Waals surface area contributed by atoms with Crippen molar-refractivity contribution in [1.29, 1.82) is 0 Å². The molecule has 0 saturated carbocycles. The molecule has 2 atom stereocenters. The Hall–Kier alpha value is -3.28. The van der Waals surface area contributed by atoms with Crippen LogP contribution in [0.15, 0.2) is 46.4 Å². The van der Waals surface area contributed by atoms with Crippen molar-refractivity contribution in [3.05, 3.63) is 57.6 Å². The van der Waals surface area contributed by atoms with Crippen LogP contribution in [0, 0.1) is 12.8 Å². The molecule has 5 rings (SSSR count). The van der Waals surface area contributed by atoms with E-state index in [9.17, 15) is 14.4 Å². The molecule has 4 heterocycles. The number of nitrogens with two attached hydrogens (primary N) is 1. The number of likely N-dealkylation sites (N-methyl/N-ethyl adjacent to an activating group) is 1. The van der Waals surface area contributed by atoms with E-state index in [-0.39, 0.29) is 29.7 Å². The van der Waals surface area contributed by atoms with Gasteiger partial charge in [-0.1, -0.05) is 30.0 Å². The number of fused-ring (bicyclic) bond motifs is 1. The van der Waals surface area contributed by atoms with Crippen molar-refractivity contribution >= 4 is 40.4 Å². The highest BCUT2D eigenvalue weighted by Gasteiger charge is 2.37. The first-order valence-electron chi connectivity index (χ1n) is 14.3. The molecule has 0 bridgehead atoms. The van der Waals surface area contributed by atoms with Crippen molar-refractivity contribution in [2.75, 3.05) is 46.4 Å². The SMILES string of the molecule is C=C(SC1=C(N)CCN(C)C1)C(=O)N[C@@H]1CN(C(=O)C2CCOCC2)CC[C@@H]1NC(=O)c1cc2cc(C)ccc2[nH]1. The standard InChI is InChI=1S/C30H40N6O4S/c1-18-4-5-23-21(14-18)15-25(32-23)29(38)33-24-7-11-36(30(39)20-8-12-40-13-9-20)16-26(24)34-28(37)19(2)41-27-17-35(3)10-6-22(27)31/h4-5,14-15,20,24,26,32H,2,6-13,16-17,31H2,1,3H3,(H,33,38)(H,34,37)/t24-,26+/m0/s1. The molecule has 2 fully saturated rings. The molecular formula is C30H40N6O4S. The molecule has 0 unspecified atom stereocenters. The molecule has 220 valence electrons. The lowest BCUT2D eigenvalue weighted by Crippen LogP contribution is -2.62. The maximum atomic E-state index is 13.4. The van der Waals surface area contributed by atoms with Crippen molar-refractivity contribution in [1.82, 2.24) is 25.4 Å². The van der Waals surface area contributed by atoms with E-state index < -0.39 is 6.04 Å². The Bertz CT molecular complexity index is 1360. The molecule has 0 spiro atoms. The van der Waals surface area contributed by atoms with Crippen LogP contribution in [-0.4, -0.2) is 91.0 Å². The molecule has 41 heavy (non-hydrogen) atoms. The van der Waals surface area contributed by atoms with Crippen LogP contribution in [0.3, 0.4) is 0 Å². The quantitative estimate of drug-likeness (QED) is 0.370. The third-order valence-electron chi connectivity index (χ3n) is 8.18. The maximum absolute atomic E-state index is 13.4. The van der Waals surface area contributed by atoms with Gasteiger partial charge in [0.15, 0.2) is 0 Å². The van der Waals surface area contributed by atoms with Crippen LogP contribution < -0.4 is 16.4 Å². The van der Waals surface area contributed by atoms with Gasteiger partial charge in [-0.15, -0.1) is 0 Å². The highest BCUT2D eigenvalue weighted by molar-refractivity contribution is 8.07. The predicted molar refractivity (Wildman–Crippen MR) is 161 cm³/mol. The lowest BCUT2D eigenvalue weighted by atomic mass is 9.94. The fourth-order valence-electron chi connectivity index (χ4n) is 5.71. The molecule has 5 N–H and O–H groups in total. The molecule has 0 radical (unpaired) electrons.